The first-order chi connectivity index (χ1) is 13.4. The fourth-order valence-corrected chi connectivity index (χ4v) is 4.39. The third-order valence-electron chi connectivity index (χ3n) is 4.91. The van der Waals surface area contributed by atoms with E-state index in [2.05, 4.69) is 47.7 Å². The molecule has 4 nitrogen and oxygen atoms in total. The summed E-state index contributed by atoms with van der Waals surface area (Å²) in [5.41, 5.74) is 6.49. The third-order valence-corrected chi connectivity index (χ3v) is 6.06. The predicted molar refractivity (Wildman–Crippen MR) is 116 cm³/mol. The maximum atomic E-state index is 12.8. The van der Waals surface area contributed by atoms with Gasteiger partial charge in [0.25, 0.3) is 5.91 Å². The van der Waals surface area contributed by atoms with E-state index in [0.717, 1.165) is 27.2 Å². The van der Waals surface area contributed by atoms with Gasteiger partial charge in [-0.15, -0.1) is 11.3 Å². The molecule has 0 aliphatic heterocycles. The summed E-state index contributed by atoms with van der Waals surface area (Å²) < 4.78 is 1.99. The number of aromatic nitrogens is 2. The number of anilines is 1. The molecule has 28 heavy (non-hydrogen) atoms. The van der Waals surface area contributed by atoms with Crippen LogP contribution in [0.2, 0.25) is 0 Å². The minimum atomic E-state index is -0.0746. The highest BCUT2D eigenvalue weighted by Crippen LogP contribution is 2.30. The van der Waals surface area contributed by atoms with Crippen molar-refractivity contribution >= 4 is 33.1 Å². The van der Waals surface area contributed by atoms with E-state index in [4.69, 9.17) is 0 Å². The Morgan fingerprint density at radius 2 is 1.71 bits per heavy atom. The highest BCUT2D eigenvalue weighted by Gasteiger charge is 2.17. The molecule has 1 N–H and O–H groups in total. The number of fused-ring (bicyclic) bond motifs is 1. The predicted octanol–water partition coefficient (Wildman–Crippen LogP) is 5.63. The van der Waals surface area contributed by atoms with Crippen LogP contribution in [0.3, 0.4) is 0 Å². The van der Waals surface area contributed by atoms with Gasteiger partial charge < -0.3 is 5.32 Å². The van der Waals surface area contributed by atoms with E-state index in [1.807, 2.05) is 43.7 Å². The highest BCUT2D eigenvalue weighted by atomic mass is 32.1. The molecule has 0 aliphatic carbocycles. The summed E-state index contributed by atoms with van der Waals surface area (Å²) in [5, 5.41) is 8.76. The Hall–Kier alpha value is -2.92. The lowest BCUT2D eigenvalue weighted by molar-refractivity contribution is 0.103. The first-order valence-electron chi connectivity index (χ1n) is 9.32. The molecular weight excluding hydrogens is 366 g/mol. The lowest BCUT2D eigenvalue weighted by atomic mass is 10.1. The normalized spacial score (nSPS) is 11.1. The molecule has 2 heterocycles. The molecule has 1 amide bonds. The van der Waals surface area contributed by atoms with Gasteiger partial charge in [0.2, 0.25) is 0 Å². The number of nitrogens with zero attached hydrogens (tertiary/aromatic N) is 2. The number of thiophene rings is 1. The zero-order valence-corrected chi connectivity index (χ0v) is 17.4. The molecule has 142 valence electrons. The van der Waals surface area contributed by atoms with Crippen LogP contribution in [0.5, 0.6) is 0 Å². The van der Waals surface area contributed by atoms with Crippen LogP contribution in [0.4, 0.5) is 5.69 Å². The van der Waals surface area contributed by atoms with Crippen LogP contribution in [-0.2, 0) is 6.54 Å². The number of rotatable bonds is 4. The van der Waals surface area contributed by atoms with Crippen molar-refractivity contribution in [2.75, 3.05) is 5.32 Å². The standard InChI is InChI=1S/C23H23N3OS/c1-14-5-8-18(9-6-14)13-26-23-19(17(4)25-26)12-21(28-23)22(27)24-20-10-7-15(2)11-16(20)3/h5-12H,13H2,1-4H3,(H,24,27). The number of hydrogen-bond donors (Lipinski definition) is 1. The molecule has 0 aliphatic rings. The second kappa shape index (κ2) is 7.24. The average Bonchev–Trinajstić information content (AvgIpc) is 3.21. The van der Waals surface area contributed by atoms with Crippen molar-refractivity contribution in [2.45, 2.75) is 34.2 Å². The molecule has 4 rings (SSSR count). The van der Waals surface area contributed by atoms with Gasteiger partial charge >= 0.3 is 0 Å². The molecule has 0 saturated heterocycles. The lowest BCUT2D eigenvalue weighted by Gasteiger charge is -2.08. The van der Waals surface area contributed by atoms with Crippen LogP contribution in [0.25, 0.3) is 10.2 Å². The topological polar surface area (TPSA) is 46.9 Å². The second-order valence-corrected chi connectivity index (χ2v) is 8.36. The number of benzene rings is 2. The van der Waals surface area contributed by atoms with Gasteiger partial charge in [0.1, 0.15) is 4.83 Å². The third kappa shape index (κ3) is 3.58. The zero-order valence-electron chi connectivity index (χ0n) is 16.5. The summed E-state index contributed by atoms with van der Waals surface area (Å²) in [5.74, 6) is -0.0746. The fourth-order valence-electron chi connectivity index (χ4n) is 3.34. The number of nitrogens with one attached hydrogen (secondary N) is 1. The number of carbonyl (C=O) groups is 1. The van der Waals surface area contributed by atoms with Gasteiger partial charge in [-0.1, -0.05) is 47.5 Å². The first kappa shape index (κ1) is 18.4. The van der Waals surface area contributed by atoms with Crippen LogP contribution < -0.4 is 5.32 Å². The van der Waals surface area contributed by atoms with Gasteiger partial charge in [0.15, 0.2) is 0 Å². The fraction of sp³-hybridized carbons (Fsp3) is 0.217. The molecule has 2 aromatic carbocycles. The van der Waals surface area contributed by atoms with E-state index in [-0.39, 0.29) is 5.91 Å². The van der Waals surface area contributed by atoms with Crippen molar-refractivity contribution in [3.05, 3.63) is 81.4 Å². The summed E-state index contributed by atoms with van der Waals surface area (Å²) in [6.07, 6.45) is 0. The molecule has 2 aromatic heterocycles. The molecule has 0 bridgehead atoms. The molecule has 0 saturated carbocycles. The van der Waals surface area contributed by atoms with Gasteiger partial charge in [-0.2, -0.15) is 5.10 Å². The molecule has 0 atom stereocenters. The lowest BCUT2D eigenvalue weighted by Crippen LogP contribution is -2.11. The minimum absolute atomic E-state index is 0.0746. The Labute approximate surface area is 168 Å². The van der Waals surface area contributed by atoms with Crippen molar-refractivity contribution in [2.24, 2.45) is 0 Å². The number of carbonyl (C=O) groups excluding carboxylic acids is 1. The van der Waals surface area contributed by atoms with Crippen molar-refractivity contribution in [1.29, 1.82) is 0 Å². The van der Waals surface area contributed by atoms with E-state index in [0.29, 0.717) is 11.4 Å². The van der Waals surface area contributed by atoms with Gasteiger partial charge in [0.05, 0.1) is 17.1 Å². The number of aryl methyl sites for hydroxylation is 4. The highest BCUT2D eigenvalue weighted by molar-refractivity contribution is 7.20. The number of amides is 1. The summed E-state index contributed by atoms with van der Waals surface area (Å²) in [6, 6.07) is 16.5. The summed E-state index contributed by atoms with van der Waals surface area (Å²) in [7, 11) is 0. The molecule has 5 heteroatoms. The Morgan fingerprint density at radius 1 is 1.00 bits per heavy atom. The maximum absolute atomic E-state index is 12.8. The van der Waals surface area contributed by atoms with E-state index in [9.17, 15) is 4.79 Å². The van der Waals surface area contributed by atoms with Gasteiger partial charge in [0, 0.05) is 11.1 Å². The first-order valence-corrected chi connectivity index (χ1v) is 10.1. The molecule has 0 fully saturated rings. The SMILES string of the molecule is Cc1ccc(Cn2nc(C)c3cc(C(=O)Nc4ccc(C)cc4C)sc32)cc1. The summed E-state index contributed by atoms with van der Waals surface area (Å²) in [4.78, 5) is 14.5. The number of hydrogen-bond acceptors (Lipinski definition) is 3. The molecular formula is C23H23N3OS. The van der Waals surface area contributed by atoms with E-state index >= 15 is 0 Å². The van der Waals surface area contributed by atoms with Crippen molar-refractivity contribution in [1.82, 2.24) is 9.78 Å². The van der Waals surface area contributed by atoms with Gasteiger partial charge in [-0.25, -0.2) is 0 Å². The average molecular weight is 390 g/mol. The molecule has 4 aromatic rings. The summed E-state index contributed by atoms with van der Waals surface area (Å²) in [6.45, 7) is 8.83. The van der Waals surface area contributed by atoms with Crippen LogP contribution in [0.15, 0.2) is 48.5 Å². The Kier molecular flexibility index (Phi) is 4.77. The van der Waals surface area contributed by atoms with E-state index in [1.165, 1.54) is 28.0 Å². The van der Waals surface area contributed by atoms with Gasteiger partial charge in [-0.3, -0.25) is 9.48 Å². The monoisotopic (exact) mass is 389 g/mol. The Bertz CT molecular complexity index is 1170. The van der Waals surface area contributed by atoms with Crippen LogP contribution in [0.1, 0.15) is 37.6 Å². The Balaban J connectivity index is 1.62. The largest absolute Gasteiger partial charge is 0.321 e. The van der Waals surface area contributed by atoms with Crippen molar-refractivity contribution in [3.8, 4) is 0 Å². The van der Waals surface area contributed by atoms with Gasteiger partial charge in [-0.05, 0) is 51.0 Å². The zero-order chi connectivity index (χ0) is 19.8. The quantitative estimate of drug-likeness (QED) is 0.491. The smallest absolute Gasteiger partial charge is 0.265 e. The molecule has 0 unspecified atom stereocenters. The van der Waals surface area contributed by atoms with Crippen LogP contribution in [0, 0.1) is 27.7 Å². The maximum Gasteiger partial charge on any atom is 0.265 e. The van der Waals surface area contributed by atoms with E-state index in [1.54, 1.807) is 0 Å². The van der Waals surface area contributed by atoms with Crippen molar-refractivity contribution < 1.29 is 4.79 Å². The second-order valence-electron chi connectivity index (χ2n) is 7.33. The molecule has 0 spiro atoms. The van der Waals surface area contributed by atoms with Crippen LogP contribution in [-0.4, -0.2) is 15.7 Å². The molecule has 0 radical (unpaired) electrons. The van der Waals surface area contributed by atoms with Crippen molar-refractivity contribution in [3.63, 3.8) is 0 Å². The Morgan fingerprint density at radius 3 is 2.43 bits per heavy atom. The summed E-state index contributed by atoms with van der Waals surface area (Å²) >= 11 is 1.49. The minimum Gasteiger partial charge on any atom is -0.321 e. The van der Waals surface area contributed by atoms with Crippen LogP contribution >= 0.6 is 11.3 Å². The van der Waals surface area contributed by atoms with E-state index < -0.39 is 0 Å².